The van der Waals surface area contributed by atoms with E-state index in [1.54, 1.807) is 31.2 Å². The summed E-state index contributed by atoms with van der Waals surface area (Å²) in [6.45, 7) is 3.67. The van der Waals surface area contributed by atoms with E-state index in [-0.39, 0.29) is 24.4 Å². The number of ketones is 2. The summed E-state index contributed by atoms with van der Waals surface area (Å²) in [6.07, 6.45) is 1.95. The summed E-state index contributed by atoms with van der Waals surface area (Å²) in [5.41, 5.74) is 3.84. The lowest BCUT2D eigenvalue weighted by molar-refractivity contribution is 0.0985. The first-order valence-corrected chi connectivity index (χ1v) is 8.63. The van der Waals surface area contributed by atoms with Gasteiger partial charge in [-0.05, 0) is 42.7 Å². The first kappa shape index (κ1) is 18.1. The fraction of sp³-hybridized carbons (Fsp3) is 0.190. The van der Waals surface area contributed by atoms with Gasteiger partial charge in [0, 0.05) is 23.4 Å². The predicted octanol–water partition coefficient (Wildman–Crippen LogP) is 4.80. The maximum absolute atomic E-state index is 12.5. The topological polar surface area (TPSA) is 60.2 Å². The van der Waals surface area contributed by atoms with Crippen molar-refractivity contribution >= 4 is 23.2 Å². The highest BCUT2D eigenvalue weighted by atomic mass is 35.5. The standard InChI is InChI=1S/C21H18ClNO3/c1-13-6-7-15(9-20(24)16-4-3-5-18(22)10-16)8-17(13)11-21(25)19-12-23-26-14(19)2/h3-8,10,12H,9,11H2,1-2H3. The van der Waals surface area contributed by atoms with Gasteiger partial charge in [-0.1, -0.05) is 47.1 Å². The first-order valence-electron chi connectivity index (χ1n) is 8.25. The molecule has 0 spiro atoms. The van der Waals surface area contributed by atoms with Crippen molar-refractivity contribution in [3.63, 3.8) is 0 Å². The Bertz CT molecular complexity index is 975. The molecule has 0 unspecified atom stereocenters. The summed E-state index contributed by atoms with van der Waals surface area (Å²) in [7, 11) is 0. The molecule has 0 aliphatic rings. The van der Waals surface area contributed by atoms with Crippen LogP contribution in [0.1, 0.15) is 43.2 Å². The molecule has 0 aliphatic carbocycles. The van der Waals surface area contributed by atoms with Crippen molar-refractivity contribution in [1.82, 2.24) is 5.16 Å². The van der Waals surface area contributed by atoms with E-state index in [2.05, 4.69) is 5.16 Å². The van der Waals surface area contributed by atoms with Crippen molar-refractivity contribution in [2.24, 2.45) is 0 Å². The Labute approximate surface area is 156 Å². The molecule has 0 bridgehead atoms. The highest BCUT2D eigenvalue weighted by Gasteiger charge is 2.15. The van der Waals surface area contributed by atoms with E-state index in [1.807, 2.05) is 25.1 Å². The van der Waals surface area contributed by atoms with Crippen LogP contribution in [-0.4, -0.2) is 16.7 Å². The van der Waals surface area contributed by atoms with Crippen LogP contribution in [0.2, 0.25) is 5.02 Å². The second kappa shape index (κ2) is 7.67. The molecule has 0 N–H and O–H groups in total. The molecule has 0 radical (unpaired) electrons. The van der Waals surface area contributed by atoms with E-state index < -0.39 is 0 Å². The van der Waals surface area contributed by atoms with Crippen LogP contribution in [0.25, 0.3) is 0 Å². The SMILES string of the molecule is Cc1ccc(CC(=O)c2cccc(Cl)c2)cc1CC(=O)c1cnoc1C. The smallest absolute Gasteiger partial charge is 0.172 e. The van der Waals surface area contributed by atoms with Gasteiger partial charge in [0.1, 0.15) is 5.76 Å². The second-order valence-electron chi connectivity index (χ2n) is 6.27. The van der Waals surface area contributed by atoms with Crippen molar-refractivity contribution in [3.05, 3.63) is 87.3 Å². The first-order chi connectivity index (χ1) is 12.4. The number of halogens is 1. The largest absolute Gasteiger partial charge is 0.361 e. The minimum atomic E-state index is -0.0508. The minimum Gasteiger partial charge on any atom is -0.361 e. The van der Waals surface area contributed by atoms with E-state index in [9.17, 15) is 9.59 Å². The lowest BCUT2D eigenvalue weighted by Gasteiger charge is -2.08. The summed E-state index contributed by atoms with van der Waals surface area (Å²) < 4.78 is 4.96. The summed E-state index contributed by atoms with van der Waals surface area (Å²) in [4.78, 5) is 24.9. The molecule has 3 aromatic rings. The molecule has 2 aromatic carbocycles. The van der Waals surface area contributed by atoms with Gasteiger partial charge in [-0.25, -0.2) is 0 Å². The van der Waals surface area contributed by atoms with E-state index >= 15 is 0 Å². The molecule has 0 atom stereocenters. The molecule has 3 rings (SSSR count). The van der Waals surface area contributed by atoms with E-state index in [1.165, 1.54) is 6.20 Å². The minimum absolute atomic E-state index is 0.0106. The Hall–Kier alpha value is -2.72. The van der Waals surface area contributed by atoms with Gasteiger partial charge in [0.2, 0.25) is 0 Å². The van der Waals surface area contributed by atoms with Gasteiger partial charge in [-0.2, -0.15) is 0 Å². The molecule has 5 heteroatoms. The molecule has 4 nitrogen and oxygen atoms in total. The third-order valence-corrected chi connectivity index (χ3v) is 4.56. The number of Topliss-reactive ketones (excluding diaryl/α,β-unsaturated/α-hetero) is 2. The number of nitrogens with zero attached hydrogens (tertiary/aromatic N) is 1. The van der Waals surface area contributed by atoms with Gasteiger partial charge in [-0.3, -0.25) is 9.59 Å². The van der Waals surface area contributed by atoms with Gasteiger partial charge in [0.15, 0.2) is 11.6 Å². The van der Waals surface area contributed by atoms with Crippen molar-refractivity contribution in [2.45, 2.75) is 26.7 Å². The molecule has 0 aliphatic heterocycles. The van der Waals surface area contributed by atoms with Crippen LogP contribution < -0.4 is 0 Å². The van der Waals surface area contributed by atoms with E-state index in [0.29, 0.717) is 21.9 Å². The molecule has 0 saturated heterocycles. The number of hydrogen-bond acceptors (Lipinski definition) is 4. The van der Waals surface area contributed by atoms with Crippen LogP contribution in [-0.2, 0) is 12.8 Å². The monoisotopic (exact) mass is 367 g/mol. The summed E-state index contributed by atoms with van der Waals surface area (Å²) in [6, 6.07) is 12.7. The van der Waals surface area contributed by atoms with Crippen molar-refractivity contribution < 1.29 is 14.1 Å². The fourth-order valence-corrected chi connectivity index (χ4v) is 3.00. The van der Waals surface area contributed by atoms with Crippen molar-refractivity contribution in [2.75, 3.05) is 0 Å². The molecule has 26 heavy (non-hydrogen) atoms. The average molecular weight is 368 g/mol. The zero-order valence-corrected chi connectivity index (χ0v) is 15.3. The number of hydrogen-bond donors (Lipinski definition) is 0. The van der Waals surface area contributed by atoms with Crippen LogP contribution >= 0.6 is 11.6 Å². The Morgan fingerprint density at radius 1 is 1.04 bits per heavy atom. The summed E-state index contributed by atoms with van der Waals surface area (Å²) in [5, 5.41) is 4.19. The van der Waals surface area contributed by atoms with Crippen LogP contribution in [0, 0.1) is 13.8 Å². The lowest BCUT2D eigenvalue weighted by Crippen LogP contribution is -2.08. The Kier molecular flexibility index (Phi) is 5.33. The van der Waals surface area contributed by atoms with Crippen LogP contribution in [0.5, 0.6) is 0 Å². The average Bonchev–Trinajstić information content (AvgIpc) is 3.04. The highest BCUT2D eigenvalue weighted by molar-refractivity contribution is 6.31. The van der Waals surface area contributed by atoms with Gasteiger partial charge in [-0.15, -0.1) is 0 Å². The maximum Gasteiger partial charge on any atom is 0.172 e. The van der Waals surface area contributed by atoms with Crippen LogP contribution in [0.4, 0.5) is 0 Å². The lowest BCUT2D eigenvalue weighted by atomic mass is 9.95. The predicted molar refractivity (Wildman–Crippen MR) is 99.9 cm³/mol. The molecule has 1 heterocycles. The molecule has 0 amide bonds. The van der Waals surface area contributed by atoms with Gasteiger partial charge in [0.25, 0.3) is 0 Å². The Morgan fingerprint density at radius 2 is 1.85 bits per heavy atom. The van der Waals surface area contributed by atoms with Crippen molar-refractivity contribution in [1.29, 1.82) is 0 Å². The molecule has 0 fully saturated rings. The maximum atomic E-state index is 12.5. The third-order valence-electron chi connectivity index (χ3n) is 4.33. The second-order valence-corrected chi connectivity index (χ2v) is 6.70. The molecule has 0 saturated carbocycles. The van der Waals surface area contributed by atoms with Gasteiger partial charge >= 0.3 is 0 Å². The zero-order valence-electron chi connectivity index (χ0n) is 14.6. The van der Waals surface area contributed by atoms with E-state index in [0.717, 1.165) is 16.7 Å². The summed E-state index contributed by atoms with van der Waals surface area (Å²) in [5.74, 6) is 0.452. The van der Waals surface area contributed by atoms with Crippen LogP contribution in [0.15, 0.2) is 53.2 Å². The zero-order chi connectivity index (χ0) is 18.7. The normalized spacial score (nSPS) is 10.7. The van der Waals surface area contributed by atoms with Crippen LogP contribution in [0.3, 0.4) is 0 Å². The van der Waals surface area contributed by atoms with Crippen molar-refractivity contribution in [3.8, 4) is 0 Å². The Morgan fingerprint density at radius 3 is 2.54 bits per heavy atom. The van der Waals surface area contributed by atoms with Gasteiger partial charge < -0.3 is 4.52 Å². The van der Waals surface area contributed by atoms with E-state index in [4.69, 9.17) is 16.1 Å². The molecular weight excluding hydrogens is 350 g/mol. The molecule has 1 aromatic heterocycles. The number of rotatable bonds is 6. The number of carbonyl (C=O) groups is 2. The Balaban J connectivity index is 1.78. The number of benzene rings is 2. The third kappa shape index (κ3) is 4.09. The fourth-order valence-electron chi connectivity index (χ4n) is 2.81. The number of carbonyl (C=O) groups excluding carboxylic acids is 2. The summed E-state index contributed by atoms with van der Waals surface area (Å²) >= 11 is 5.95. The quantitative estimate of drug-likeness (QED) is 0.587. The number of aromatic nitrogens is 1. The molecular formula is C21H18ClNO3. The molecule has 132 valence electrons. The highest BCUT2D eigenvalue weighted by Crippen LogP contribution is 2.18. The number of aryl methyl sites for hydroxylation is 2. The van der Waals surface area contributed by atoms with Gasteiger partial charge in [0.05, 0.1) is 11.8 Å².